The summed E-state index contributed by atoms with van der Waals surface area (Å²) in [5, 5.41) is 13.7. The van der Waals surface area contributed by atoms with Crippen LogP contribution in [0.5, 0.6) is 5.75 Å². The van der Waals surface area contributed by atoms with Crippen LogP contribution in [-0.4, -0.2) is 11.1 Å². The lowest BCUT2D eigenvalue weighted by Crippen LogP contribution is -2.19. The van der Waals surface area contributed by atoms with E-state index in [4.69, 9.17) is 23.2 Å². The number of hydrogen-bond acceptors (Lipinski definition) is 2. The van der Waals surface area contributed by atoms with Crippen LogP contribution in [-0.2, 0) is 0 Å². The average molecular weight is 332 g/mol. The molecule has 2 N–H and O–H groups in total. The molecule has 0 saturated carbocycles. The third-order valence-electron chi connectivity index (χ3n) is 3.70. The fourth-order valence-corrected chi connectivity index (χ4v) is 2.94. The molecular weight excluding hydrogens is 305 g/mol. The minimum absolute atomic E-state index is 0.0441. The van der Waals surface area contributed by atoms with Gasteiger partial charge in [-0.3, -0.25) is 0 Å². The summed E-state index contributed by atoms with van der Waals surface area (Å²) in [5.41, 5.74) is 0.890. The summed E-state index contributed by atoms with van der Waals surface area (Å²) in [4.78, 5) is 0. The molecule has 0 aliphatic heterocycles. The lowest BCUT2D eigenvalue weighted by molar-refractivity contribution is 0.476. The van der Waals surface area contributed by atoms with Crippen molar-refractivity contribution in [2.24, 2.45) is 0 Å². The highest BCUT2D eigenvalue weighted by Gasteiger charge is 2.11. The highest BCUT2D eigenvalue weighted by molar-refractivity contribution is 6.37. The molecule has 0 saturated heterocycles. The van der Waals surface area contributed by atoms with E-state index in [0.29, 0.717) is 16.1 Å². The minimum atomic E-state index is -0.0441. The van der Waals surface area contributed by atoms with Crippen LogP contribution in [0.4, 0.5) is 5.69 Å². The maximum absolute atomic E-state index is 9.62. The van der Waals surface area contributed by atoms with Gasteiger partial charge in [0.05, 0.1) is 10.0 Å². The highest BCUT2D eigenvalue weighted by Crippen LogP contribution is 2.35. The van der Waals surface area contributed by atoms with E-state index in [1.165, 1.54) is 38.5 Å². The fourth-order valence-electron chi connectivity index (χ4n) is 2.45. The van der Waals surface area contributed by atoms with Crippen molar-refractivity contribution in [2.45, 2.75) is 71.3 Å². The Labute approximate surface area is 138 Å². The van der Waals surface area contributed by atoms with Gasteiger partial charge in [0.15, 0.2) is 5.75 Å². The van der Waals surface area contributed by atoms with E-state index in [9.17, 15) is 5.11 Å². The van der Waals surface area contributed by atoms with Crippen LogP contribution >= 0.6 is 23.2 Å². The maximum atomic E-state index is 9.62. The van der Waals surface area contributed by atoms with Crippen molar-refractivity contribution in [3.8, 4) is 5.75 Å². The summed E-state index contributed by atoms with van der Waals surface area (Å²) in [7, 11) is 0. The molecule has 1 rings (SSSR count). The average Bonchev–Trinajstić information content (AvgIpc) is 2.45. The Hall–Kier alpha value is -0.600. The van der Waals surface area contributed by atoms with Gasteiger partial charge in [-0.2, -0.15) is 0 Å². The molecule has 21 heavy (non-hydrogen) atoms. The quantitative estimate of drug-likeness (QED) is 0.372. The molecule has 0 aromatic heterocycles. The van der Waals surface area contributed by atoms with Crippen molar-refractivity contribution in [1.29, 1.82) is 0 Å². The van der Waals surface area contributed by atoms with Crippen molar-refractivity contribution >= 4 is 28.9 Å². The Kier molecular flexibility index (Phi) is 8.94. The normalized spacial score (nSPS) is 11.1. The van der Waals surface area contributed by atoms with Gasteiger partial charge in [-0.05, 0) is 25.0 Å². The van der Waals surface area contributed by atoms with E-state index in [0.717, 1.165) is 18.5 Å². The van der Waals surface area contributed by atoms with Crippen LogP contribution in [0, 0.1) is 0 Å². The van der Waals surface area contributed by atoms with Gasteiger partial charge in [-0.15, -0.1) is 0 Å². The van der Waals surface area contributed by atoms with Crippen LogP contribution in [0.1, 0.15) is 65.2 Å². The zero-order valence-electron chi connectivity index (χ0n) is 13.1. The first-order valence-corrected chi connectivity index (χ1v) is 8.78. The van der Waals surface area contributed by atoms with Gasteiger partial charge in [-0.25, -0.2) is 0 Å². The molecule has 0 radical (unpaired) electrons. The van der Waals surface area contributed by atoms with Crippen molar-refractivity contribution in [1.82, 2.24) is 0 Å². The van der Waals surface area contributed by atoms with E-state index < -0.39 is 0 Å². The Balaban J connectivity index is 2.65. The van der Waals surface area contributed by atoms with E-state index in [1.807, 2.05) is 0 Å². The summed E-state index contributed by atoms with van der Waals surface area (Å²) in [6, 6.07) is 3.94. The van der Waals surface area contributed by atoms with Crippen LogP contribution in [0.3, 0.4) is 0 Å². The number of hydrogen-bond donors (Lipinski definition) is 2. The zero-order chi connectivity index (χ0) is 15.7. The lowest BCUT2D eigenvalue weighted by Gasteiger charge is -2.20. The largest absolute Gasteiger partial charge is 0.505 e. The third-order valence-corrected chi connectivity index (χ3v) is 4.28. The van der Waals surface area contributed by atoms with Gasteiger partial charge in [0.1, 0.15) is 0 Å². The van der Waals surface area contributed by atoms with Crippen LogP contribution in [0.2, 0.25) is 10.0 Å². The molecule has 0 amide bonds. The Bertz CT molecular complexity index is 390. The molecule has 1 aromatic rings. The summed E-state index contributed by atoms with van der Waals surface area (Å²) < 4.78 is 0. The first kappa shape index (κ1) is 18.4. The number of phenols is 1. The standard InChI is InChI=1S/C17H27Cl2NO/c1-3-5-7-9-13(10-8-6-4-2)20-14-11-15(18)17(21)16(19)12-14/h11-13,20-21H,3-10H2,1-2H3. The second-order valence-corrected chi connectivity index (χ2v) is 6.44. The van der Waals surface area contributed by atoms with E-state index in [1.54, 1.807) is 12.1 Å². The van der Waals surface area contributed by atoms with Gasteiger partial charge in [0, 0.05) is 11.7 Å². The summed E-state index contributed by atoms with van der Waals surface area (Å²) >= 11 is 12.0. The number of nitrogens with one attached hydrogen (secondary N) is 1. The topological polar surface area (TPSA) is 32.3 Å². The molecule has 0 atom stereocenters. The van der Waals surface area contributed by atoms with E-state index in [2.05, 4.69) is 19.2 Å². The Morgan fingerprint density at radius 2 is 1.43 bits per heavy atom. The van der Waals surface area contributed by atoms with Gasteiger partial charge >= 0.3 is 0 Å². The second kappa shape index (κ2) is 10.2. The van der Waals surface area contributed by atoms with E-state index >= 15 is 0 Å². The summed E-state index contributed by atoms with van der Waals surface area (Å²) in [5.74, 6) is -0.0441. The highest BCUT2D eigenvalue weighted by atomic mass is 35.5. The SMILES string of the molecule is CCCCCC(CCCCC)Nc1cc(Cl)c(O)c(Cl)c1. The van der Waals surface area contributed by atoms with Gasteiger partial charge < -0.3 is 10.4 Å². The van der Waals surface area contributed by atoms with Gasteiger partial charge in [-0.1, -0.05) is 75.6 Å². The van der Waals surface area contributed by atoms with Crippen molar-refractivity contribution in [2.75, 3.05) is 5.32 Å². The molecule has 2 nitrogen and oxygen atoms in total. The van der Waals surface area contributed by atoms with Crippen molar-refractivity contribution in [3.63, 3.8) is 0 Å². The van der Waals surface area contributed by atoms with Gasteiger partial charge in [0.2, 0.25) is 0 Å². The van der Waals surface area contributed by atoms with E-state index in [-0.39, 0.29) is 5.75 Å². The maximum Gasteiger partial charge on any atom is 0.152 e. The Morgan fingerprint density at radius 3 is 1.86 bits per heavy atom. The zero-order valence-corrected chi connectivity index (χ0v) is 14.6. The first-order chi connectivity index (χ1) is 10.1. The van der Waals surface area contributed by atoms with Crippen LogP contribution in [0.25, 0.3) is 0 Å². The van der Waals surface area contributed by atoms with Gasteiger partial charge in [0.25, 0.3) is 0 Å². The summed E-state index contributed by atoms with van der Waals surface area (Å²) in [6.45, 7) is 4.44. The van der Waals surface area contributed by atoms with Crippen molar-refractivity contribution < 1.29 is 5.11 Å². The Morgan fingerprint density at radius 1 is 0.952 bits per heavy atom. The molecule has 0 heterocycles. The molecule has 0 unspecified atom stereocenters. The predicted octanol–water partition coefficient (Wildman–Crippen LogP) is 6.64. The minimum Gasteiger partial charge on any atom is -0.505 e. The smallest absolute Gasteiger partial charge is 0.152 e. The molecular formula is C17H27Cl2NO. The monoisotopic (exact) mass is 331 g/mol. The number of aromatic hydroxyl groups is 1. The lowest BCUT2D eigenvalue weighted by atomic mass is 10.0. The first-order valence-electron chi connectivity index (χ1n) is 8.03. The third kappa shape index (κ3) is 6.80. The van der Waals surface area contributed by atoms with Crippen molar-refractivity contribution in [3.05, 3.63) is 22.2 Å². The summed E-state index contributed by atoms with van der Waals surface area (Å²) in [6.07, 6.45) is 9.80. The molecule has 4 heteroatoms. The molecule has 1 aromatic carbocycles. The number of rotatable bonds is 10. The molecule has 120 valence electrons. The molecule has 0 bridgehead atoms. The number of phenolic OH excluding ortho intramolecular Hbond substituents is 1. The number of unbranched alkanes of at least 4 members (excludes halogenated alkanes) is 4. The molecule has 0 fully saturated rings. The number of benzene rings is 1. The fraction of sp³-hybridized carbons (Fsp3) is 0.647. The predicted molar refractivity (Wildman–Crippen MR) is 93.8 cm³/mol. The second-order valence-electron chi connectivity index (χ2n) is 5.62. The number of anilines is 1. The van der Waals surface area contributed by atoms with Crippen LogP contribution in [0.15, 0.2) is 12.1 Å². The number of halogens is 2. The molecule has 0 aliphatic carbocycles. The molecule has 0 aliphatic rings. The molecule has 0 spiro atoms. The van der Waals surface area contributed by atoms with Crippen LogP contribution < -0.4 is 5.32 Å².